The molecule has 0 aromatic rings. The van der Waals surface area contributed by atoms with Crippen molar-refractivity contribution < 1.29 is 10.2 Å². The molecular weight excluding hydrogens is 200 g/mol. The lowest BCUT2D eigenvalue weighted by molar-refractivity contribution is 0.0678. The van der Waals surface area contributed by atoms with E-state index in [0.717, 1.165) is 6.42 Å². The quantitative estimate of drug-likeness (QED) is 0.707. The third-order valence-electron chi connectivity index (χ3n) is 5.18. The number of aliphatic hydroxyl groups excluding tert-OH is 2. The van der Waals surface area contributed by atoms with Gasteiger partial charge in [-0.1, -0.05) is 13.8 Å². The van der Waals surface area contributed by atoms with E-state index >= 15 is 0 Å². The van der Waals surface area contributed by atoms with E-state index < -0.39 is 0 Å². The van der Waals surface area contributed by atoms with Crippen LogP contribution < -0.4 is 0 Å². The summed E-state index contributed by atoms with van der Waals surface area (Å²) < 4.78 is 0. The molecule has 2 rings (SSSR count). The second-order valence-corrected chi connectivity index (χ2v) is 5.96. The molecule has 2 N–H and O–H groups in total. The summed E-state index contributed by atoms with van der Waals surface area (Å²) in [6, 6.07) is 0. The van der Waals surface area contributed by atoms with Gasteiger partial charge in [0.25, 0.3) is 0 Å². The van der Waals surface area contributed by atoms with E-state index in [9.17, 15) is 10.2 Å². The zero-order valence-corrected chi connectivity index (χ0v) is 10.4. The first-order valence-electron chi connectivity index (χ1n) is 6.57. The molecule has 2 fully saturated rings. The molecule has 0 aromatic heterocycles. The van der Waals surface area contributed by atoms with Gasteiger partial charge in [0, 0.05) is 6.61 Å². The van der Waals surface area contributed by atoms with E-state index in [0.29, 0.717) is 29.8 Å². The molecule has 0 aliphatic heterocycles. The van der Waals surface area contributed by atoms with Crippen molar-refractivity contribution in [3.8, 4) is 0 Å². The molecule has 0 amide bonds. The molecule has 0 aromatic carbocycles. The normalized spacial score (nSPS) is 43.3. The first-order valence-corrected chi connectivity index (χ1v) is 6.57. The Hall–Kier alpha value is -0.500. The number of aliphatic hydroxyl groups is 2. The van der Waals surface area contributed by atoms with Crippen LogP contribution in [0.3, 0.4) is 0 Å². The molecule has 2 aliphatic rings. The summed E-state index contributed by atoms with van der Waals surface area (Å²) in [5.74, 6) is 1.58. The molecule has 4 atom stereocenters. The highest BCUT2D eigenvalue weighted by molar-refractivity contribution is 5.16. The highest BCUT2D eigenvalue weighted by atomic mass is 16.3. The van der Waals surface area contributed by atoms with Gasteiger partial charge in [-0.15, -0.1) is 0 Å². The maximum atomic E-state index is 9.36. The summed E-state index contributed by atoms with van der Waals surface area (Å²) in [7, 11) is 0. The fourth-order valence-electron chi connectivity index (χ4n) is 4.30. The maximum absolute atomic E-state index is 9.36. The molecule has 2 nitrogen and oxygen atoms in total. The topological polar surface area (TPSA) is 40.5 Å². The summed E-state index contributed by atoms with van der Waals surface area (Å²) in [6.45, 7) is 4.82. The summed E-state index contributed by atoms with van der Waals surface area (Å²) in [4.78, 5) is 0. The Morgan fingerprint density at radius 1 is 1.50 bits per heavy atom. The van der Waals surface area contributed by atoms with E-state index in [2.05, 4.69) is 13.8 Å². The molecule has 0 spiro atoms. The standard InChI is InChI=1S/C14H24O2/c1-10(8-15)12-5-6-13-11(9-16)4-3-7-14(12,13)2/h9-10,12-13,15-16H,3-8H2,1-2H3/b11-9+/t10-,12?,13?,14?/m1/s1. The van der Waals surface area contributed by atoms with Crippen LogP contribution in [0.5, 0.6) is 0 Å². The van der Waals surface area contributed by atoms with E-state index in [1.165, 1.54) is 37.5 Å². The summed E-state index contributed by atoms with van der Waals surface area (Å²) >= 11 is 0. The fourth-order valence-corrected chi connectivity index (χ4v) is 4.30. The Bertz CT molecular complexity index is 284. The second kappa shape index (κ2) is 4.40. The van der Waals surface area contributed by atoms with Gasteiger partial charge in [0.15, 0.2) is 0 Å². The van der Waals surface area contributed by atoms with Crippen molar-refractivity contribution in [2.45, 2.75) is 46.0 Å². The van der Waals surface area contributed by atoms with Crippen LogP contribution in [-0.2, 0) is 0 Å². The molecule has 3 unspecified atom stereocenters. The van der Waals surface area contributed by atoms with Gasteiger partial charge in [-0.2, -0.15) is 0 Å². The highest BCUT2D eigenvalue weighted by Gasteiger charge is 2.50. The van der Waals surface area contributed by atoms with Crippen molar-refractivity contribution >= 4 is 0 Å². The number of rotatable bonds is 2. The van der Waals surface area contributed by atoms with Crippen LogP contribution in [0.2, 0.25) is 0 Å². The molecule has 0 radical (unpaired) electrons. The molecule has 2 aliphatic carbocycles. The molecule has 2 saturated carbocycles. The average molecular weight is 224 g/mol. The Kier molecular flexibility index (Phi) is 3.29. The smallest absolute Gasteiger partial charge is 0.0786 e. The molecule has 0 bridgehead atoms. The minimum atomic E-state index is 0.297. The summed E-state index contributed by atoms with van der Waals surface area (Å²) in [6.07, 6.45) is 7.27. The zero-order chi connectivity index (χ0) is 11.8. The van der Waals surface area contributed by atoms with Crippen LogP contribution in [0.4, 0.5) is 0 Å². The van der Waals surface area contributed by atoms with Crippen molar-refractivity contribution in [1.29, 1.82) is 0 Å². The van der Waals surface area contributed by atoms with E-state index in [4.69, 9.17) is 0 Å². The van der Waals surface area contributed by atoms with Gasteiger partial charge in [-0.05, 0) is 60.8 Å². The number of allylic oxidation sites excluding steroid dienone is 1. The highest BCUT2D eigenvalue weighted by Crippen LogP contribution is 2.59. The minimum Gasteiger partial charge on any atom is -0.516 e. The van der Waals surface area contributed by atoms with Gasteiger partial charge in [-0.3, -0.25) is 0 Å². The zero-order valence-electron chi connectivity index (χ0n) is 10.4. The Morgan fingerprint density at radius 2 is 2.25 bits per heavy atom. The Balaban J connectivity index is 2.23. The van der Waals surface area contributed by atoms with Crippen LogP contribution in [0.25, 0.3) is 0 Å². The lowest BCUT2D eigenvalue weighted by atomic mass is 9.61. The van der Waals surface area contributed by atoms with Gasteiger partial charge >= 0.3 is 0 Å². The molecule has 92 valence electrons. The van der Waals surface area contributed by atoms with Crippen LogP contribution in [-0.4, -0.2) is 16.8 Å². The summed E-state index contributed by atoms with van der Waals surface area (Å²) in [5.41, 5.74) is 1.57. The molecule has 0 saturated heterocycles. The molecular formula is C14H24O2. The molecule has 16 heavy (non-hydrogen) atoms. The van der Waals surface area contributed by atoms with Gasteiger partial charge in [0.05, 0.1) is 6.26 Å². The Morgan fingerprint density at radius 3 is 2.88 bits per heavy atom. The largest absolute Gasteiger partial charge is 0.516 e. The van der Waals surface area contributed by atoms with Crippen LogP contribution in [0.1, 0.15) is 46.0 Å². The minimum absolute atomic E-state index is 0.297. The van der Waals surface area contributed by atoms with Crippen molar-refractivity contribution in [3.63, 3.8) is 0 Å². The van der Waals surface area contributed by atoms with Crippen molar-refractivity contribution in [2.75, 3.05) is 6.61 Å². The first-order chi connectivity index (χ1) is 7.63. The summed E-state index contributed by atoms with van der Waals surface area (Å²) in [5, 5.41) is 18.7. The first kappa shape index (κ1) is 12.0. The number of hydrogen-bond donors (Lipinski definition) is 2. The van der Waals surface area contributed by atoms with Gasteiger partial charge in [-0.25, -0.2) is 0 Å². The lowest BCUT2D eigenvalue weighted by Crippen LogP contribution is -2.36. The Labute approximate surface area is 98.4 Å². The van der Waals surface area contributed by atoms with E-state index in [-0.39, 0.29) is 0 Å². The third kappa shape index (κ3) is 1.67. The maximum Gasteiger partial charge on any atom is 0.0786 e. The van der Waals surface area contributed by atoms with Crippen molar-refractivity contribution in [2.24, 2.45) is 23.2 Å². The number of fused-ring (bicyclic) bond motifs is 1. The van der Waals surface area contributed by atoms with Crippen molar-refractivity contribution in [1.82, 2.24) is 0 Å². The predicted octanol–water partition coefficient (Wildman–Crippen LogP) is 3.27. The van der Waals surface area contributed by atoms with Crippen LogP contribution in [0, 0.1) is 23.2 Å². The van der Waals surface area contributed by atoms with Crippen molar-refractivity contribution in [3.05, 3.63) is 11.8 Å². The second-order valence-electron chi connectivity index (χ2n) is 5.96. The third-order valence-corrected chi connectivity index (χ3v) is 5.18. The molecule has 0 heterocycles. The fraction of sp³-hybridized carbons (Fsp3) is 0.857. The van der Waals surface area contributed by atoms with Crippen LogP contribution in [0.15, 0.2) is 11.8 Å². The van der Waals surface area contributed by atoms with Gasteiger partial charge < -0.3 is 10.2 Å². The molecule has 2 heteroatoms. The lowest BCUT2D eigenvalue weighted by Gasteiger charge is -2.43. The van der Waals surface area contributed by atoms with E-state index in [1.54, 1.807) is 0 Å². The SMILES string of the molecule is C[C@H](CO)C1CCC2/C(=C/O)CCCC21C. The van der Waals surface area contributed by atoms with Crippen LogP contribution >= 0.6 is 0 Å². The number of hydrogen-bond acceptors (Lipinski definition) is 2. The van der Waals surface area contributed by atoms with E-state index in [1.807, 2.05) is 0 Å². The monoisotopic (exact) mass is 224 g/mol. The van der Waals surface area contributed by atoms with Gasteiger partial charge in [0.2, 0.25) is 0 Å². The predicted molar refractivity (Wildman–Crippen MR) is 65.1 cm³/mol. The van der Waals surface area contributed by atoms with Gasteiger partial charge in [0.1, 0.15) is 0 Å². The average Bonchev–Trinajstić information content (AvgIpc) is 2.64.